The van der Waals surface area contributed by atoms with Gasteiger partial charge in [0.05, 0.1) is 4.92 Å². The number of amides is 2. The molecule has 1 N–H and O–H groups in total. The fourth-order valence-corrected chi connectivity index (χ4v) is 3.54. The Kier molecular flexibility index (Phi) is 5.96. The first-order valence-electron chi connectivity index (χ1n) is 9.76. The van der Waals surface area contributed by atoms with Gasteiger partial charge < -0.3 is 10.2 Å². The summed E-state index contributed by atoms with van der Waals surface area (Å²) in [4.78, 5) is 37.5. The zero-order valence-electron chi connectivity index (χ0n) is 16.9. The van der Waals surface area contributed by atoms with Gasteiger partial charge in [0.15, 0.2) is 0 Å². The van der Waals surface area contributed by atoms with Gasteiger partial charge in [0, 0.05) is 41.5 Å². The standard InChI is InChI=1S/C22H25N3O4/c1-14(2)11-12-24-20-9-8-17(13-16(20)7-10-21(24)26)23-22(27)18-5-4-6-19(15(18)3)25(28)29/h4-6,8-9,13-14H,7,10-12H2,1-3H3,(H,23,27). The summed E-state index contributed by atoms with van der Waals surface area (Å²) in [6.07, 6.45) is 2.01. The van der Waals surface area contributed by atoms with Gasteiger partial charge in [-0.1, -0.05) is 19.9 Å². The maximum atomic E-state index is 12.7. The first-order valence-corrected chi connectivity index (χ1v) is 9.76. The lowest BCUT2D eigenvalue weighted by Crippen LogP contribution is -2.36. The summed E-state index contributed by atoms with van der Waals surface area (Å²) in [5, 5.41) is 13.9. The number of hydrogen-bond acceptors (Lipinski definition) is 4. The maximum Gasteiger partial charge on any atom is 0.273 e. The van der Waals surface area contributed by atoms with E-state index in [0.29, 0.717) is 36.6 Å². The topological polar surface area (TPSA) is 92.6 Å². The molecule has 2 amide bonds. The average Bonchev–Trinajstić information content (AvgIpc) is 2.67. The molecule has 0 bridgehead atoms. The Balaban J connectivity index is 1.82. The van der Waals surface area contributed by atoms with Gasteiger partial charge in [0.25, 0.3) is 11.6 Å². The van der Waals surface area contributed by atoms with Crippen LogP contribution in [0.25, 0.3) is 0 Å². The van der Waals surface area contributed by atoms with Crippen LogP contribution < -0.4 is 10.2 Å². The van der Waals surface area contributed by atoms with E-state index in [0.717, 1.165) is 17.7 Å². The lowest BCUT2D eigenvalue weighted by atomic mass is 9.99. The van der Waals surface area contributed by atoms with Crippen molar-refractivity contribution in [3.8, 4) is 0 Å². The van der Waals surface area contributed by atoms with Crippen LogP contribution in [-0.2, 0) is 11.2 Å². The van der Waals surface area contributed by atoms with Crippen LogP contribution in [0.15, 0.2) is 36.4 Å². The van der Waals surface area contributed by atoms with E-state index in [1.807, 2.05) is 17.0 Å². The summed E-state index contributed by atoms with van der Waals surface area (Å²) in [5.74, 6) is 0.238. The number of nitrogens with one attached hydrogen (secondary N) is 1. The van der Waals surface area contributed by atoms with E-state index in [1.165, 1.54) is 12.1 Å². The van der Waals surface area contributed by atoms with Crippen molar-refractivity contribution in [1.82, 2.24) is 0 Å². The number of aryl methyl sites for hydroxylation is 1. The lowest BCUT2D eigenvalue weighted by molar-refractivity contribution is -0.385. The normalized spacial score (nSPS) is 13.4. The van der Waals surface area contributed by atoms with Crippen LogP contribution in [0.4, 0.5) is 17.1 Å². The zero-order chi connectivity index (χ0) is 21.1. The second kappa shape index (κ2) is 8.43. The number of carbonyl (C=O) groups excluding carboxylic acids is 2. The number of nitrogens with zero attached hydrogens (tertiary/aromatic N) is 2. The molecule has 0 aliphatic carbocycles. The fourth-order valence-electron chi connectivity index (χ4n) is 3.54. The van der Waals surface area contributed by atoms with Crippen molar-refractivity contribution in [3.63, 3.8) is 0 Å². The van der Waals surface area contributed by atoms with E-state index in [1.54, 1.807) is 19.1 Å². The Morgan fingerprint density at radius 1 is 1.24 bits per heavy atom. The number of nitro benzene ring substituents is 1. The summed E-state index contributed by atoms with van der Waals surface area (Å²) in [7, 11) is 0. The smallest absolute Gasteiger partial charge is 0.273 e. The average molecular weight is 395 g/mol. The van der Waals surface area contributed by atoms with Crippen molar-refractivity contribution < 1.29 is 14.5 Å². The predicted molar refractivity (Wildman–Crippen MR) is 112 cm³/mol. The first-order chi connectivity index (χ1) is 13.8. The molecular weight excluding hydrogens is 370 g/mol. The molecule has 7 heteroatoms. The van der Waals surface area contributed by atoms with E-state index >= 15 is 0 Å². The minimum atomic E-state index is -0.492. The van der Waals surface area contributed by atoms with Crippen molar-refractivity contribution in [1.29, 1.82) is 0 Å². The zero-order valence-corrected chi connectivity index (χ0v) is 16.9. The SMILES string of the molecule is Cc1c(C(=O)Nc2ccc3c(c2)CCC(=O)N3CCC(C)C)cccc1[N+](=O)[O-]. The van der Waals surface area contributed by atoms with Gasteiger partial charge in [-0.3, -0.25) is 19.7 Å². The van der Waals surface area contributed by atoms with Crippen molar-refractivity contribution in [2.75, 3.05) is 16.8 Å². The first kappa shape index (κ1) is 20.5. The van der Waals surface area contributed by atoms with Crippen LogP contribution in [0, 0.1) is 23.0 Å². The van der Waals surface area contributed by atoms with Crippen molar-refractivity contribution in [3.05, 3.63) is 63.2 Å². The van der Waals surface area contributed by atoms with E-state index < -0.39 is 10.8 Å². The van der Waals surface area contributed by atoms with Crippen LogP contribution in [0.2, 0.25) is 0 Å². The summed E-state index contributed by atoms with van der Waals surface area (Å²) < 4.78 is 0. The van der Waals surface area contributed by atoms with Gasteiger partial charge in [-0.05, 0) is 55.5 Å². The summed E-state index contributed by atoms with van der Waals surface area (Å²) in [6.45, 7) is 6.51. The molecule has 0 fully saturated rings. The van der Waals surface area contributed by atoms with Crippen LogP contribution >= 0.6 is 0 Å². The molecule has 29 heavy (non-hydrogen) atoms. The molecule has 0 spiro atoms. The highest BCUT2D eigenvalue weighted by atomic mass is 16.6. The van der Waals surface area contributed by atoms with E-state index in [4.69, 9.17) is 0 Å². The van der Waals surface area contributed by atoms with Gasteiger partial charge in [-0.2, -0.15) is 0 Å². The fraction of sp³-hybridized carbons (Fsp3) is 0.364. The maximum absolute atomic E-state index is 12.7. The van der Waals surface area contributed by atoms with Crippen LogP contribution in [0.1, 0.15) is 48.2 Å². The van der Waals surface area contributed by atoms with Crippen molar-refractivity contribution in [2.24, 2.45) is 5.92 Å². The molecular formula is C22H25N3O4. The molecule has 3 rings (SSSR count). The van der Waals surface area contributed by atoms with Gasteiger partial charge in [0.1, 0.15) is 0 Å². The number of anilines is 2. The molecule has 0 saturated heterocycles. The van der Waals surface area contributed by atoms with Gasteiger partial charge >= 0.3 is 0 Å². The summed E-state index contributed by atoms with van der Waals surface area (Å²) in [5.41, 5.74) is 3.04. The number of nitro groups is 1. The molecule has 0 atom stereocenters. The molecule has 152 valence electrons. The third-order valence-corrected chi connectivity index (χ3v) is 5.21. The monoisotopic (exact) mass is 395 g/mol. The van der Waals surface area contributed by atoms with Crippen LogP contribution in [0.3, 0.4) is 0 Å². The Bertz CT molecular complexity index is 969. The van der Waals surface area contributed by atoms with E-state index in [2.05, 4.69) is 19.2 Å². The molecule has 7 nitrogen and oxygen atoms in total. The van der Waals surface area contributed by atoms with E-state index in [-0.39, 0.29) is 17.2 Å². The van der Waals surface area contributed by atoms with Crippen molar-refractivity contribution in [2.45, 2.75) is 40.0 Å². The molecule has 1 aliphatic heterocycles. The molecule has 0 unspecified atom stereocenters. The summed E-state index contributed by atoms with van der Waals surface area (Å²) >= 11 is 0. The third kappa shape index (κ3) is 4.45. The highest BCUT2D eigenvalue weighted by Gasteiger charge is 2.25. The second-order valence-corrected chi connectivity index (χ2v) is 7.73. The van der Waals surface area contributed by atoms with Crippen molar-refractivity contribution >= 4 is 28.9 Å². The Morgan fingerprint density at radius 2 is 2.00 bits per heavy atom. The molecule has 0 aromatic heterocycles. The van der Waals surface area contributed by atoms with Gasteiger partial charge in [-0.15, -0.1) is 0 Å². The van der Waals surface area contributed by atoms with E-state index in [9.17, 15) is 19.7 Å². The lowest BCUT2D eigenvalue weighted by Gasteiger charge is -2.30. The largest absolute Gasteiger partial charge is 0.322 e. The Hall–Kier alpha value is -3.22. The van der Waals surface area contributed by atoms with Crippen LogP contribution in [-0.4, -0.2) is 23.3 Å². The molecule has 1 aliphatic rings. The predicted octanol–water partition coefficient (Wildman–Crippen LogP) is 4.48. The number of rotatable bonds is 6. The molecule has 0 radical (unpaired) electrons. The minimum Gasteiger partial charge on any atom is -0.322 e. The summed E-state index contributed by atoms with van der Waals surface area (Å²) in [6, 6.07) is 9.98. The van der Waals surface area contributed by atoms with Gasteiger partial charge in [0.2, 0.25) is 5.91 Å². The molecule has 2 aromatic rings. The van der Waals surface area contributed by atoms with Gasteiger partial charge in [-0.25, -0.2) is 0 Å². The minimum absolute atomic E-state index is 0.0811. The number of benzene rings is 2. The Labute approximate surface area is 169 Å². The quantitative estimate of drug-likeness (QED) is 0.576. The number of fused-ring (bicyclic) bond motifs is 1. The Morgan fingerprint density at radius 3 is 2.69 bits per heavy atom. The molecule has 0 saturated carbocycles. The second-order valence-electron chi connectivity index (χ2n) is 7.73. The molecule has 2 aromatic carbocycles. The number of hydrogen-bond donors (Lipinski definition) is 1. The highest BCUT2D eigenvalue weighted by Crippen LogP contribution is 2.31. The number of carbonyl (C=O) groups is 2. The highest BCUT2D eigenvalue weighted by molar-refractivity contribution is 6.06. The molecule has 1 heterocycles. The van der Waals surface area contributed by atoms with Crippen LogP contribution in [0.5, 0.6) is 0 Å². The third-order valence-electron chi connectivity index (χ3n) is 5.21.